The van der Waals surface area contributed by atoms with Crippen molar-refractivity contribution < 1.29 is 18.9 Å². The maximum atomic E-state index is 13.3. The van der Waals surface area contributed by atoms with Crippen molar-refractivity contribution in [3.8, 4) is 0 Å². The number of nitrogens with zero attached hydrogens (tertiary/aromatic N) is 1. The molecule has 3 aromatic carbocycles. The zero-order valence-electron chi connectivity index (χ0n) is 21.1. The molecule has 0 saturated carbocycles. The molecule has 0 radical (unpaired) electrons. The van der Waals surface area contributed by atoms with E-state index in [1.54, 1.807) is 68.5 Å². The minimum Gasteiger partial charge on any atom is -0.360 e. The summed E-state index contributed by atoms with van der Waals surface area (Å²) in [5.74, 6) is -0.173. The molecule has 3 amide bonds. The molecule has 1 aromatic heterocycles. The van der Waals surface area contributed by atoms with E-state index >= 15 is 0 Å². The number of hydrogen-bond acceptors (Lipinski definition) is 6. The van der Waals surface area contributed by atoms with Crippen molar-refractivity contribution in [2.24, 2.45) is 0 Å². The van der Waals surface area contributed by atoms with Gasteiger partial charge >= 0.3 is 0 Å². The summed E-state index contributed by atoms with van der Waals surface area (Å²) in [6.07, 6.45) is 1.61. The Balaban J connectivity index is 1.48. The molecule has 4 aromatic rings. The summed E-state index contributed by atoms with van der Waals surface area (Å²) in [4.78, 5) is 39.5. The third-order valence-electron chi connectivity index (χ3n) is 5.34. The van der Waals surface area contributed by atoms with Gasteiger partial charge in [0.15, 0.2) is 5.82 Å². The van der Waals surface area contributed by atoms with Crippen molar-refractivity contribution in [1.29, 1.82) is 0 Å². The van der Waals surface area contributed by atoms with Crippen LogP contribution in [0.2, 0.25) is 0 Å². The Bertz CT molecular complexity index is 1520. The van der Waals surface area contributed by atoms with Gasteiger partial charge in [0, 0.05) is 26.7 Å². The fourth-order valence-corrected chi connectivity index (χ4v) is 4.81. The van der Waals surface area contributed by atoms with E-state index in [0.717, 1.165) is 14.9 Å². The summed E-state index contributed by atoms with van der Waals surface area (Å²) >= 11 is 4.76. The topological polar surface area (TPSA) is 113 Å². The summed E-state index contributed by atoms with van der Waals surface area (Å²) in [6.45, 7) is 3.52. The van der Waals surface area contributed by atoms with Crippen molar-refractivity contribution in [2.75, 3.05) is 10.6 Å². The lowest BCUT2D eigenvalue weighted by Crippen LogP contribution is -2.30. The molecule has 8 nitrogen and oxygen atoms in total. The van der Waals surface area contributed by atoms with E-state index in [1.807, 2.05) is 36.4 Å². The molecule has 10 heteroatoms. The van der Waals surface area contributed by atoms with E-state index in [4.69, 9.17) is 4.52 Å². The van der Waals surface area contributed by atoms with Crippen molar-refractivity contribution in [3.63, 3.8) is 0 Å². The van der Waals surface area contributed by atoms with Gasteiger partial charge in [-0.1, -0.05) is 57.5 Å². The molecule has 0 bridgehead atoms. The Labute approximate surface area is 238 Å². The van der Waals surface area contributed by atoms with Crippen LogP contribution in [0, 0.1) is 6.92 Å². The van der Waals surface area contributed by atoms with Crippen LogP contribution in [0.5, 0.6) is 0 Å². The Morgan fingerprint density at radius 1 is 0.949 bits per heavy atom. The first-order chi connectivity index (χ1) is 18.8. The Morgan fingerprint density at radius 3 is 2.44 bits per heavy atom. The number of aryl methyl sites for hydroxylation is 1. The van der Waals surface area contributed by atoms with E-state index in [1.165, 1.54) is 11.8 Å². The quantitative estimate of drug-likeness (QED) is 0.153. The zero-order chi connectivity index (χ0) is 27.8. The normalized spacial score (nSPS) is 11.9. The lowest BCUT2D eigenvalue weighted by atomic mass is 10.1. The van der Waals surface area contributed by atoms with Crippen LogP contribution in [0.1, 0.15) is 28.6 Å². The van der Waals surface area contributed by atoms with Gasteiger partial charge in [-0.3, -0.25) is 14.4 Å². The second-order valence-corrected chi connectivity index (χ2v) is 10.8. The minimum atomic E-state index is -0.492. The Hall–Kier alpha value is -4.15. The third-order valence-corrected chi connectivity index (χ3v) is 6.93. The average Bonchev–Trinajstić information content (AvgIpc) is 3.33. The molecule has 198 valence electrons. The number of carbonyl (C=O) groups is 3. The van der Waals surface area contributed by atoms with Gasteiger partial charge in [-0.25, -0.2) is 0 Å². The smallest absolute Gasteiger partial charge is 0.272 e. The minimum absolute atomic E-state index is 0.0793. The molecule has 3 N–H and O–H groups in total. The van der Waals surface area contributed by atoms with Gasteiger partial charge in [0.05, 0.1) is 5.25 Å². The van der Waals surface area contributed by atoms with Crippen molar-refractivity contribution in [3.05, 3.63) is 112 Å². The van der Waals surface area contributed by atoms with Crippen molar-refractivity contribution in [1.82, 2.24) is 10.5 Å². The number of anilines is 2. The first kappa shape index (κ1) is 27.9. The van der Waals surface area contributed by atoms with E-state index in [2.05, 4.69) is 37.0 Å². The highest BCUT2D eigenvalue weighted by Crippen LogP contribution is 2.27. The summed E-state index contributed by atoms with van der Waals surface area (Å²) in [7, 11) is 0. The van der Waals surface area contributed by atoms with Crippen LogP contribution in [-0.2, 0) is 9.59 Å². The number of amides is 3. The number of hydrogen-bond donors (Lipinski definition) is 3. The highest BCUT2D eigenvalue weighted by atomic mass is 79.9. The number of aromatic nitrogens is 1. The van der Waals surface area contributed by atoms with Gasteiger partial charge < -0.3 is 20.5 Å². The lowest BCUT2D eigenvalue weighted by Gasteiger charge is -2.13. The lowest BCUT2D eigenvalue weighted by molar-refractivity contribution is -0.115. The van der Waals surface area contributed by atoms with Crippen LogP contribution < -0.4 is 16.0 Å². The maximum absolute atomic E-state index is 13.3. The number of rotatable bonds is 9. The first-order valence-corrected chi connectivity index (χ1v) is 13.6. The largest absolute Gasteiger partial charge is 0.360 e. The van der Waals surface area contributed by atoms with Gasteiger partial charge in [0.1, 0.15) is 11.5 Å². The number of carbonyl (C=O) groups excluding carboxylic acids is 3. The fraction of sp³-hybridized carbons (Fsp3) is 0.103. The first-order valence-electron chi connectivity index (χ1n) is 11.9. The Kier molecular flexibility index (Phi) is 9.35. The van der Waals surface area contributed by atoms with Crippen molar-refractivity contribution >= 4 is 63.0 Å². The second-order valence-electron chi connectivity index (χ2n) is 8.49. The number of thioether (sulfide) groups is 1. The van der Waals surface area contributed by atoms with Crippen LogP contribution in [0.4, 0.5) is 11.5 Å². The third kappa shape index (κ3) is 8.17. The Morgan fingerprint density at radius 2 is 1.72 bits per heavy atom. The molecular formula is C29H25BrN4O4S. The predicted octanol–water partition coefficient (Wildman–Crippen LogP) is 6.27. The van der Waals surface area contributed by atoms with E-state index in [0.29, 0.717) is 22.8 Å². The van der Waals surface area contributed by atoms with Gasteiger partial charge in [-0.2, -0.15) is 0 Å². The summed E-state index contributed by atoms with van der Waals surface area (Å²) in [5.41, 5.74) is 1.75. The molecule has 0 fully saturated rings. The van der Waals surface area contributed by atoms with Gasteiger partial charge in [-0.15, -0.1) is 11.8 Å². The summed E-state index contributed by atoms with van der Waals surface area (Å²) in [5, 5.41) is 11.6. The van der Waals surface area contributed by atoms with Crippen LogP contribution in [0.3, 0.4) is 0 Å². The molecular weight excluding hydrogens is 580 g/mol. The number of benzene rings is 3. The van der Waals surface area contributed by atoms with Crippen molar-refractivity contribution in [2.45, 2.75) is 24.0 Å². The SMILES string of the molecule is Cc1cc(NC(=O)C(C)Sc2cccc(NC(=O)/C(=C\c3cccc(Br)c3)NC(=O)c3ccccc3)c2)no1. The van der Waals surface area contributed by atoms with Gasteiger partial charge in [-0.05, 0) is 68.0 Å². The second kappa shape index (κ2) is 13.1. The van der Waals surface area contributed by atoms with Gasteiger partial charge in [0.2, 0.25) is 5.91 Å². The highest BCUT2D eigenvalue weighted by Gasteiger charge is 2.18. The maximum Gasteiger partial charge on any atom is 0.272 e. The molecule has 4 rings (SSSR count). The zero-order valence-corrected chi connectivity index (χ0v) is 23.5. The van der Waals surface area contributed by atoms with E-state index in [-0.39, 0.29) is 11.6 Å². The molecule has 0 saturated heterocycles. The molecule has 0 aliphatic rings. The number of halogens is 1. The highest BCUT2D eigenvalue weighted by molar-refractivity contribution is 9.10. The molecule has 0 aliphatic heterocycles. The van der Waals surface area contributed by atoms with Crippen LogP contribution in [0.25, 0.3) is 6.08 Å². The number of nitrogens with one attached hydrogen (secondary N) is 3. The van der Waals surface area contributed by atoms with E-state index < -0.39 is 17.1 Å². The molecule has 1 atom stereocenters. The molecule has 0 spiro atoms. The van der Waals surface area contributed by atoms with Gasteiger partial charge in [0.25, 0.3) is 11.8 Å². The molecule has 1 unspecified atom stereocenters. The van der Waals surface area contributed by atoms with Crippen LogP contribution >= 0.6 is 27.7 Å². The van der Waals surface area contributed by atoms with Crippen LogP contribution in [-0.4, -0.2) is 28.1 Å². The summed E-state index contributed by atoms with van der Waals surface area (Å²) in [6, 6.07) is 24.8. The standard InChI is InChI=1S/C29H25BrN4O4S/c1-18-14-26(34-38-18)33-27(35)19(2)39-24-13-7-12-23(17-24)31-29(37)25(16-20-8-6-11-22(30)15-20)32-28(36)21-9-4-3-5-10-21/h3-17,19H,1-2H3,(H,31,37)(H,32,36)(H,33,34,35)/b25-16+. The molecule has 1 heterocycles. The monoisotopic (exact) mass is 604 g/mol. The van der Waals surface area contributed by atoms with Crippen LogP contribution in [0.15, 0.2) is 105 Å². The average molecular weight is 606 g/mol. The summed E-state index contributed by atoms with van der Waals surface area (Å²) < 4.78 is 5.82. The van der Waals surface area contributed by atoms with E-state index in [9.17, 15) is 14.4 Å². The fourth-order valence-electron chi connectivity index (χ4n) is 3.46. The molecule has 39 heavy (non-hydrogen) atoms. The molecule has 0 aliphatic carbocycles. The predicted molar refractivity (Wildman–Crippen MR) is 156 cm³/mol.